The van der Waals surface area contributed by atoms with Crippen molar-refractivity contribution in [2.24, 2.45) is 5.73 Å². The van der Waals surface area contributed by atoms with E-state index in [-0.39, 0.29) is 17.1 Å². The second kappa shape index (κ2) is 9.02. The summed E-state index contributed by atoms with van der Waals surface area (Å²) in [4.78, 5) is 42.3. The number of carbonyl (C=O) groups excluding carboxylic acids is 3. The zero-order valence-corrected chi connectivity index (χ0v) is 19.6. The fourth-order valence-electron chi connectivity index (χ4n) is 4.99. The lowest BCUT2D eigenvalue weighted by atomic mass is 9.89. The van der Waals surface area contributed by atoms with Crippen molar-refractivity contribution >= 4 is 29.3 Å². The van der Waals surface area contributed by atoms with Crippen molar-refractivity contribution < 1.29 is 19.5 Å². The normalized spacial score (nSPS) is 17.5. The minimum Gasteiger partial charge on any atom is -0.372 e. The zero-order chi connectivity index (χ0) is 24.7. The topological polar surface area (TPSA) is 113 Å². The van der Waals surface area contributed by atoms with Gasteiger partial charge in [0.25, 0.3) is 17.7 Å². The molecule has 3 aromatic rings. The summed E-state index contributed by atoms with van der Waals surface area (Å²) in [6.45, 7) is 0.597. The molecule has 1 aliphatic carbocycles. The van der Waals surface area contributed by atoms with Gasteiger partial charge in [-0.2, -0.15) is 0 Å². The van der Waals surface area contributed by atoms with Gasteiger partial charge in [0.05, 0.1) is 6.04 Å². The van der Waals surface area contributed by atoms with Gasteiger partial charge in [0, 0.05) is 28.3 Å². The van der Waals surface area contributed by atoms with Gasteiger partial charge >= 0.3 is 0 Å². The summed E-state index contributed by atoms with van der Waals surface area (Å²) in [5, 5.41) is 15.4. The van der Waals surface area contributed by atoms with Crippen LogP contribution in [0.5, 0.6) is 0 Å². The Balaban J connectivity index is 1.68. The summed E-state index contributed by atoms with van der Waals surface area (Å²) in [5.74, 6) is -2.61. The Morgan fingerprint density at radius 3 is 2.23 bits per heavy atom. The highest BCUT2D eigenvalue weighted by Crippen LogP contribution is 2.48. The fourth-order valence-corrected chi connectivity index (χ4v) is 5.17. The number of nitrogens with zero attached hydrogens (tertiary/aromatic N) is 1. The van der Waals surface area contributed by atoms with Crippen molar-refractivity contribution in [1.29, 1.82) is 0 Å². The van der Waals surface area contributed by atoms with Crippen molar-refractivity contribution in [3.05, 3.63) is 94.0 Å². The summed E-state index contributed by atoms with van der Waals surface area (Å²) in [6, 6.07) is 17.8. The van der Waals surface area contributed by atoms with E-state index in [2.05, 4.69) is 5.32 Å². The Morgan fingerprint density at radius 2 is 1.66 bits per heavy atom. The monoisotopic (exact) mass is 489 g/mol. The first kappa shape index (κ1) is 23.4. The molecule has 1 fully saturated rings. The van der Waals surface area contributed by atoms with Gasteiger partial charge in [0.15, 0.2) is 5.60 Å². The molecule has 1 heterocycles. The molecular formula is C27H24ClN3O4. The van der Waals surface area contributed by atoms with Crippen LogP contribution in [0.1, 0.15) is 39.9 Å². The Kier molecular flexibility index (Phi) is 6.02. The number of imide groups is 3. The quantitative estimate of drug-likeness (QED) is 0.486. The highest BCUT2D eigenvalue weighted by Gasteiger charge is 2.53. The number of carbonyl (C=O) groups is 3. The predicted octanol–water partition coefficient (Wildman–Crippen LogP) is 2.96. The molecule has 0 bridgehead atoms. The first-order chi connectivity index (χ1) is 16.9. The molecule has 3 aromatic carbocycles. The summed E-state index contributed by atoms with van der Waals surface area (Å²) in [6.07, 6.45) is 1.20. The third kappa shape index (κ3) is 3.68. The van der Waals surface area contributed by atoms with E-state index in [1.54, 1.807) is 48.5 Å². The van der Waals surface area contributed by atoms with Crippen LogP contribution in [0.15, 0.2) is 66.7 Å². The molecular weight excluding hydrogens is 466 g/mol. The second-order valence-corrected chi connectivity index (χ2v) is 9.18. The highest BCUT2D eigenvalue weighted by atomic mass is 35.5. The number of rotatable bonds is 4. The van der Waals surface area contributed by atoms with E-state index in [1.165, 1.54) is 6.07 Å². The van der Waals surface area contributed by atoms with E-state index in [0.717, 1.165) is 6.42 Å². The van der Waals surface area contributed by atoms with E-state index >= 15 is 0 Å². The Hall–Kier alpha value is -3.36. The van der Waals surface area contributed by atoms with Gasteiger partial charge in [-0.3, -0.25) is 14.4 Å². The van der Waals surface area contributed by atoms with Gasteiger partial charge in [-0.1, -0.05) is 66.2 Å². The number of nitrogens with one attached hydrogen (secondary N) is 1. The average Bonchev–Trinajstić information content (AvgIpc) is 3.51. The number of hydrogen-bond donors (Lipinski definition) is 3. The fraction of sp³-hybridized carbons (Fsp3) is 0.222. The van der Waals surface area contributed by atoms with Crippen LogP contribution >= 0.6 is 11.6 Å². The molecule has 4 N–H and O–H groups in total. The van der Waals surface area contributed by atoms with E-state index in [9.17, 15) is 19.5 Å². The number of benzene rings is 3. The van der Waals surface area contributed by atoms with Crippen molar-refractivity contribution in [2.75, 3.05) is 6.54 Å². The van der Waals surface area contributed by atoms with Crippen molar-refractivity contribution in [3.8, 4) is 11.1 Å². The van der Waals surface area contributed by atoms with E-state index < -0.39 is 29.4 Å². The van der Waals surface area contributed by atoms with Crippen LogP contribution in [-0.2, 0) is 21.7 Å². The molecule has 1 aliphatic heterocycles. The van der Waals surface area contributed by atoms with Crippen LogP contribution < -0.4 is 11.1 Å². The van der Waals surface area contributed by atoms with Gasteiger partial charge in [0.2, 0.25) is 0 Å². The molecule has 3 amide bonds. The zero-order valence-electron chi connectivity index (χ0n) is 18.8. The van der Waals surface area contributed by atoms with Crippen molar-refractivity contribution in [1.82, 2.24) is 10.2 Å². The van der Waals surface area contributed by atoms with Gasteiger partial charge in [0.1, 0.15) is 0 Å². The summed E-state index contributed by atoms with van der Waals surface area (Å²) >= 11 is 6.15. The number of amides is 3. The maximum atomic E-state index is 14.2. The molecule has 1 atom stereocenters. The lowest BCUT2D eigenvalue weighted by Gasteiger charge is -2.31. The lowest BCUT2D eigenvalue weighted by molar-refractivity contribution is -0.153. The molecule has 0 spiro atoms. The van der Waals surface area contributed by atoms with Gasteiger partial charge < -0.3 is 16.2 Å². The van der Waals surface area contributed by atoms with Crippen molar-refractivity contribution in [3.63, 3.8) is 0 Å². The molecule has 35 heavy (non-hydrogen) atoms. The predicted molar refractivity (Wildman–Crippen MR) is 131 cm³/mol. The number of fused-ring (bicyclic) bond motifs is 3. The molecule has 0 radical (unpaired) electrons. The second-order valence-electron chi connectivity index (χ2n) is 8.74. The number of hydrogen-bond acceptors (Lipinski definition) is 6. The van der Waals surface area contributed by atoms with E-state index in [1.807, 2.05) is 12.1 Å². The van der Waals surface area contributed by atoms with Crippen LogP contribution in [0.4, 0.5) is 0 Å². The average molecular weight is 490 g/mol. The maximum Gasteiger partial charge on any atom is 0.277 e. The number of aliphatic hydroxyl groups is 1. The van der Waals surface area contributed by atoms with E-state index in [0.29, 0.717) is 45.7 Å². The van der Waals surface area contributed by atoms with Crippen LogP contribution in [0.3, 0.4) is 0 Å². The van der Waals surface area contributed by atoms with Crippen molar-refractivity contribution in [2.45, 2.75) is 31.0 Å². The first-order valence-corrected chi connectivity index (χ1v) is 11.8. The molecule has 5 rings (SSSR count). The summed E-state index contributed by atoms with van der Waals surface area (Å²) < 4.78 is 0. The third-order valence-corrected chi connectivity index (χ3v) is 6.98. The highest BCUT2D eigenvalue weighted by molar-refractivity contribution is 6.31. The summed E-state index contributed by atoms with van der Waals surface area (Å²) in [7, 11) is 0. The lowest BCUT2D eigenvalue weighted by Crippen LogP contribution is -2.56. The first-order valence-electron chi connectivity index (χ1n) is 11.4. The van der Waals surface area contributed by atoms with Crippen LogP contribution in [0.2, 0.25) is 5.02 Å². The van der Waals surface area contributed by atoms with Crippen LogP contribution in [0.25, 0.3) is 11.1 Å². The van der Waals surface area contributed by atoms with Crippen LogP contribution in [-0.4, -0.2) is 40.3 Å². The van der Waals surface area contributed by atoms with E-state index in [4.69, 9.17) is 17.3 Å². The molecule has 0 saturated carbocycles. The molecule has 8 heteroatoms. The Morgan fingerprint density at radius 1 is 1.03 bits per heavy atom. The molecule has 178 valence electrons. The smallest absolute Gasteiger partial charge is 0.277 e. The Labute approximate surface area is 207 Å². The van der Waals surface area contributed by atoms with Gasteiger partial charge in [-0.15, -0.1) is 0 Å². The van der Waals surface area contributed by atoms with Gasteiger partial charge in [-0.25, -0.2) is 4.90 Å². The standard InChI is InChI=1S/C27H24ClN3O4/c28-17-12-11-16(15-29)20(14-17)24(32)31(25(33)23-10-5-13-30-23)26(34)27(35)21-8-3-1-6-18(21)19-7-2-4-9-22(19)27/h1-4,6-9,11-12,14,23,30,35H,5,10,13,15,29H2/t23-/m0/s1. The van der Waals surface area contributed by atoms with Gasteiger partial charge in [-0.05, 0) is 48.2 Å². The van der Waals surface area contributed by atoms with Crippen LogP contribution in [0, 0.1) is 0 Å². The largest absolute Gasteiger partial charge is 0.372 e. The minimum absolute atomic E-state index is 0.00603. The maximum absolute atomic E-state index is 14.2. The number of halogens is 1. The molecule has 7 nitrogen and oxygen atoms in total. The molecule has 2 aliphatic rings. The minimum atomic E-state index is -2.22. The molecule has 1 saturated heterocycles. The Bertz CT molecular complexity index is 1300. The molecule has 0 unspecified atom stereocenters. The number of nitrogens with two attached hydrogens (primary N) is 1. The summed E-state index contributed by atoms with van der Waals surface area (Å²) in [5.41, 5.74) is 6.08. The SMILES string of the molecule is NCc1ccc(Cl)cc1C(=O)N(C(=O)[C@@H]1CCCN1)C(=O)C1(O)c2ccccc2-c2ccccc21. The third-order valence-electron chi connectivity index (χ3n) is 6.74. The molecule has 0 aromatic heterocycles.